The molecule has 0 spiro atoms. The van der Waals surface area contributed by atoms with Crippen LogP contribution in [-0.4, -0.2) is 31.9 Å². The Kier molecular flexibility index (Phi) is 3.64. The first-order valence-electron chi connectivity index (χ1n) is 5.91. The fraction of sp³-hybridized carbons (Fsp3) is 0.357. The maximum Gasteiger partial charge on any atom is 0.337 e. The third kappa shape index (κ3) is 2.36. The van der Waals surface area contributed by atoms with Gasteiger partial charge in [0.25, 0.3) is 0 Å². The van der Waals surface area contributed by atoms with Crippen molar-refractivity contribution in [3.63, 3.8) is 0 Å². The van der Waals surface area contributed by atoms with E-state index >= 15 is 0 Å². The molecule has 0 N–H and O–H groups in total. The zero-order valence-electron chi connectivity index (χ0n) is 10.8. The van der Waals surface area contributed by atoms with Crippen molar-refractivity contribution < 1.29 is 23.9 Å². The lowest BCUT2D eigenvalue weighted by molar-refractivity contribution is -0.143. The van der Waals surface area contributed by atoms with E-state index in [9.17, 15) is 14.4 Å². The molecule has 100 valence electrons. The second kappa shape index (κ2) is 5.22. The Morgan fingerprint density at radius 3 is 2.58 bits per heavy atom. The molecule has 5 heteroatoms. The van der Waals surface area contributed by atoms with Crippen LogP contribution in [0.2, 0.25) is 0 Å². The topological polar surface area (TPSA) is 69.7 Å². The molecule has 1 aromatic carbocycles. The summed E-state index contributed by atoms with van der Waals surface area (Å²) >= 11 is 0. The predicted octanol–water partition coefficient (Wildman–Crippen LogP) is 1.39. The minimum atomic E-state index is -0.773. The molecule has 1 aliphatic rings. The van der Waals surface area contributed by atoms with Crippen LogP contribution in [0.5, 0.6) is 0 Å². The lowest BCUT2D eigenvalue weighted by atomic mass is 9.82. The molecule has 0 amide bonds. The normalized spacial score (nSPS) is 17.6. The minimum absolute atomic E-state index is 0.293. The van der Waals surface area contributed by atoms with Crippen LogP contribution in [0.3, 0.4) is 0 Å². The number of fused-ring (bicyclic) bond motifs is 1. The van der Waals surface area contributed by atoms with Gasteiger partial charge in [0.05, 0.1) is 19.8 Å². The van der Waals surface area contributed by atoms with Crippen molar-refractivity contribution in [3.05, 3.63) is 34.9 Å². The van der Waals surface area contributed by atoms with Gasteiger partial charge in [-0.25, -0.2) is 4.79 Å². The number of esters is 2. The van der Waals surface area contributed by atoms with Gasteiger partial charge in [-0.1, -0.05) is 6.07 Å². The number of rotatable bonds is 2. The summed E-state index contributed by atoms with van der Waals surface area (Å²) in [6.45, 7) is 0. The summed E-state index contributed by atoms with van der Waals surface area (Å²) in [6, 6.07) is 4.84. The molecule has 0 aromatic heterocycles. The van der Waals surface area contributed by atoms with Gasteiger partial charge in [-0.3, -0.25) is 9.59 Å². The van der Waals surface area contributed by atoms with E-state index in [0.29, 0.717) is 24.0 Å². The van der Waals surface area contributed by atoms with Gasteiger partial charge in [-0.15, -0.1) is 0 Å². The van der Waals surface area contributed by atoms with Crippen LogP contribution in [-0.2, 0) is 20.7 Å². The predicted molar refractivity (Wildman–Crippen MR) is 65.9 cm³/mol. The zero-order chi connectivity index (χ0) is 14.0. The summed E-state index contributed by atoms with van der Waals surface area (Å²) in [4.78, 5) is 35.2. The Balaban J connectivity index is 2.38. The number of ether oxygens (including phenoxy) is 2. The molecule has 1 unspecified atom stereocenters. The highest BCUT2D eigenvalue weighted by molar-refractivity contribution is 6.11. The Labute approximate surface area is 110 Å². The molecule has 1 aliphatic carbocycles. The standard InChI is InChI=1S/C14H14O5/c1-18-13(16)9-4-3-8-5-6-10(14(17)19-2)12(15)11(8)7-9/h3-4,7,10H,5-6H2,1-2H3. The Bertz CT molecular complexity index is 547. The molecule has 2 rings (SSSR count). The second-order valence-electron chi connectivity index (χ2n) is 4.34. The molecular formula is C14H14O5. The van der Waals surface area contributed by atoms with E-state index in [2.05, 4.69) is 9.47 Å². The van der Waals surface area contributed by atoms with Gasteiger partial charge in [-0.2, -0.15) is 0 Å². The van der Waals surface area contributed by atoms with Crippen LogP contribution >= 0.6 is 0 Å². The maximum absolute atomic E-state index is 12.2. The van der Waals surface area contributed by atoms with Crippen LogP contribution in [0.4, 0.5) is 0 Å². The number of hydrogen-bond donors (Lipinski definition) is 0. The fourth-order valence-corrected chi connectivity index (χ4v) is 2.25. The summed E-state index contributed by atoms with van der Waals surface area (Å²) in [5.41, 5.74) is 1.56. The first-order valence-corrected chi connectivity index (χ1v) is 5.91. The number of benzene rings is 1. The number of methoxy groups -OCH3 is 2. The van der Waals surface area contributed by atoms with Crippen molar-refractivity contribution in [2.75, 3.05) is 14.2 Å². The van der Waals surface area contributed by atoms with Crippen LogP contribution in [0, 0.1) is 5.92 Å². The van der Waals surface area contributed by atoms with E-state index in [4.69, 9.17) is 0 Å². The molecule has 0 saturated heterocycles. The van der Waals surface area contributed by atoms with E-state index in [0.717, 1.165) is 5.56 Å². The van der Waals surface area contributed by atoms with Crippen molar-refractivity contribution in [1.29, 1.82) is 0 Å². The summed E-state index contributed by atoms with van der Waals surface area (Å²) in [7, 11) is 2.54. The average molecular weight is 262 g/mol. The zero-order valence-corrected chi connectivity index (χ0v) is 10.8. The van der Waals surface area contributed by atoms with Gasteiger partial charge in [0.2, 0.25) is 0 Å². The second-order valence-corrected chi connectivity index (χ2v) is 4.34. The molecule has 0 bridgehead atoms. The monoisotopic (exact) mass is 262 g/mol. The van der Waals surface area contributed by atoms with E-state index < -0.39 is 17.9 Å². The van der Waals surface area contributed by atoms with E-state index in [-0.39, 0.29) is 5.78 Å². The number of ketones is 1. The Hall–Kier alpha value is -2.17. The summed E-state index contributed by atoms with van der Waals surface area (Å²) in [6.07, 6.45) is 1.05. The molecule has 5 nitrogen and oxygen atoms in total. The molecule has 0 aliphatic heterocycles. The number of Topliss-reactive ketones (excluding diaryl/α,β-unsaturated/α-hetero) is 1. The number of hydrogen-bond acceptors (Lipinski definition) is 5. The lowest BCUT2D eigenvalue weighted by Crippen LogP contribution is -2.30. The van der Waals surface area contributed by atoms with Gasteiger partial charge in [0.15, 0.2) is 5.78 Å². The third-order valence-electron chi connectivity index (χ3n) is 3.30. The van der Waals surface area contributed by atoms with Crippen molar-refractivity contribution >= 4 is 17.7 Å². The highest BCUT2D eigenvalue weighted by Gasteiger charge is 2.33. The van der Waals surface area contributed by atoms with Gasteiger partial charge in [0, 0.05) is 5.56 Å². The highest BCUT2D eigenvalue weighted by Crippen LogP contribution is 2.27. The SMILES string of the molecule is COC(=O)c1ccc2c(c1)C(=O)C(C(=O)OC)CC2. The third-order valence-corrected chi connectivity index (χ3v) is 3.30. The highest BCUT2D eigenvalue weighted by atomic mass is 16.5. The molecule has 0 saturated carbocycles. The van der Waals surface area contributed by atoms with Crippen LogP contribution in [0.1, 0.15) is 32.7 Å². The van der Waals surface area contributed by atoms with Crippen LogP contribution in [0.15, 0.2) is 18.2 Å². The van der Waals surface area contributed by atoms with Crippen molar-refractivity contribution in [1.82, 2.24) is 0 Å². The largest absolute Gasteiger partial charge is 0.468 e. The van der Waals surface area contributed by atoms with Gasteiger partial charge in [-0.05, 0) is 30.5 Å². The molecule has 19 heavy (non-hydrogen) atoms. The van der Waals surface area contributed by atoms with Crippen LogP contribution in [0.25, 0.3) is 0 Å². The fourth-order valence-electron chi connectivity index (χ4n) is 2.25. The van der Waals surface area contributed by atoms with Gasteiger partial charge in [0.1, 0.15) is 5.92 Å². The molecule has 0 fully saturated rings. The lowest BCUT2D eigenvalue weighted by Gasteiger charge is -2.21. The number of carbonyl (C=O) groups is 3. The summed E-state index contributed by atoms with van der Waals surface area (Å²) < 4.78 is 9.24. The smallest absolute Gasteiger partial charge is 0.337 e. The number of carbonyl (C=O) groups excluding carboxylic acids is 3. The average Bonchev–Trinajstić information content (AvgIpc) is 2.45. The number of aryl methyl sites for hydroxylation is 1. The first kappa shape index (κ1) is 13.3. The molecular weight excluding hydrogens is 248 g/mol. The van der Waals surface area contributed by atoms with Crippen LogP contribution < -0.4 is 0 Å². The summed E-state index contributed by atoms with van der Waals surface area (Å²) in [5, 5.41) is 0. The van der Waals surface area contributed by atoms with Crippen molar-refractivity contribution in [2.45, 2.75) is 12.8 Å². The Morgan fingerprint density at radius 2 is 1.95 bits per heavy atom. The van der Waals surface area contributed by atoms with E-state index in [1.807, 2.05) is 0 Å². The van der Waals surface area contributed by atoms with Gasteiger partial charge >= 0.3 is 11.9 Å². The Morgan fingerprint density at radius 1 is 1.21 bits per heavy atom. The van der Waals surface area contributed by atoms with E-state index in [1.165, 1.54) is 20.3 Å². The van der Waals surface area contributed by atoms with Crippen molar-refractivity contribution in [3.8, 4) is 0 Å². The van der Waals surface area contributed by atoms with Crippen molar-refractivity contribution in [2.24, 2.45) is 5.92 Å². The maximum atomic E-state index is 12.2. The van der Waals surface area contributed by atoms with E-state index in [1.54, 1.807) is 12.1 Å². The molecule has 0 heterocycles. The molecule has 1 atom stereocenters. The molecule has 0 radical (unpaired) electrons. The first-order chi connectivity index (χ1) is 9.08. The summed E-state index contributed by atoms with van der Waals surface area (Å²) in [5.74, 6) is -2.10. The molecule has 1 aromatic rings. The van der Waals surface area contributed by atoms with Gasteiger partial charge < -0.3 is 9.47 Å². The quantitative estimate of drug-likeness (QED) is 0.595. The minimum Gasteiger partial charge on any atom is -0.468 e.